The van der Waals surface area contributed by atoms with Gasteiger partial charge in [0.15, 0.2) is 0 Å². The summed E-state index contributed by atoms with van der Waals surface area (Å²) >= 11 is 5.85. The number of piperidine rings is 1. The molecule has 1 saturated heterocycles. The van der Waals surface area contributed by atoms with Crippen LogP contribution in [0.1, 0.15) is 18.4 Å². The van der Waals surface area contributed by atoms with E-state index < -0.39 is 10.0 Å². The van der Waals surface area contributed by atoms with Gasteiger partial charge in [-0.25, -0.2) is 8.42 Å². The second kappa shape index (κ2) is 7.43. The Balaban J connectivity index is 0.00000200. The lowest BCUT2D eigenvalue weighted by molar-refractivity contribution is 0.323. The molecule has 1 fully saturated rings. The third-order valence-corrected chi connectivity index (χ3v) is 4.94. The Bertz CT molecular complexity index is 567. The summed E-state index contributed by atoms with van der Waals surface area (Å²) in [7, 11) is -3.36. The van der Waals surface area contributed by atoms with Crippen molar-refractivity contribution in [3.8, 4) is 0 Å². The Morgan fingerprint density at radius 2 is 1.95 bits per heavy atom. The van der Waals surface area contributed by atoms with E-state index in [0.717, 1.165) is 5.56 Å². The lowest BCUT2D eigenvalue weighted by Gasteiger charge is -2.28. The van der Waals surface area contributed by atoms with Crippen LogP contribution >= 0.6 is 24.0 Å². The first-order valence-corrected chi connectivity index (χ1v) is 8.05. The minimum Gasteiger partial charge on any atom is -0.328 e. The molecule has 1 aromatic carbocycles. The van der Waals surface area contributed by atoms with Crippen molar-refractivity contribution in [3.63, 3.8) is 0 Å². The molecule has 4 nitrogen and oxygen atoms in total. The standard InChI is InChI=1S/C13H17ClN2O2S.ClH/c14-12-3-1-2-11(10-12)6-9-19(17,18)16-7-4-13(15)5-8-16;/h1-3,6,9-10,13H,4-5,7-8,15H2;1H. The van der Waals surface area contributed by atoms with Gasteiger partial charge in [0.2, 0.25) is 10.0 Å². The van der Waals surface area contributed by atoms with E-state index in [1.54, 1.807) is 24.3 Å². The van der Waals surface area contributed by atoms with Gasteiger partial charge in [0.25, 0.3) is 0 Å². The van der Waals surface area contributed by atoms with E-state index in [0.29, 0.717) is 31.0 Å². The van der Waals surface area contributed by atoms with Crippen LogP contribution in [0.2, 0.25) is 5.02 Å². The average molecular weight is 337 g/mol. The molecular weight excluding hydrogens is 319 g/mol. The first-order valence-electron chi connectivity index (χ1n) is 6.17. The van der Waals surface area contributed by atoms with Crippen LogP contribution in [0.3, 0.4) is 0 Å². The van der Waals surface area contributed by atoms with Gasteiger partial charge in [0.1, 0.15) is 0 Å². The Morgan fingerprint density at radius 1 is 1.30 bits per heavy atom. The van der Waals surface area contributed by atoms with Crippen LogP contribution in [0.5, 0.6) is 0 Å². The van der Waals surface area contributed by atoms with Crippen molar-refractivity contribution in [2.24, 2.45) is 5.73 Å². The maximum Gasteiger partial charge on any atom is 0.236 e. The van der Waals surface area contributed by atoms with Crippen LogP contribution in [0.4, 0.5) is 0 Å². The van der Waals surface area contributed by atoms with Gasteiger partial charge in [-0.2, -0.15) is 4.31 Å². The predicted molar refractivity (Wildman–Crippen MR) is 85.4 cm³/mol. The number of rotatable bonds is 3. The molecule has 0 saturated carbocycles. The predicted octanol–water partition coefficient (Wildman–Crippen LogP) is 2.49. The monoisotopic (exact) mass is 336 g/mol. The minimum absolute atomic E-state index is 0. The van der Waals surface area contributed by atoms with Crippen LogP contribution in [-0.4, -0.2) is 31.9 Å². The minimum atomic E-state index is -3.36. The zero-order valence-electron chi connectivity index (χ0n) is 10.9. The summed E-state index contributed by atoms with van der Waals surface area (Å²) in [6.07, 6.45) is 2.99. The van der Waals surface area contributed by atoms with Gasteiger partial charge in [0.05, 0.1) is 0 Å². The van der Waals surface area contributed by atoms with Gasteiger partial charge in [-0.1, -0.05) is 23.7 Å². The smallest absolute Gasteiger partial charge is 0.236 e. The summed E-state index contributed by atoms with van der Waals surface area (Å²) in [5.74, 6) is 0. The lowest BCUT2D eigenvalue weighted by Crippen LogP contribution is -2.41. The van der Waals surface area contributed by atoms with Crippen molar-refractivity contribution in [2.75, 3.05) is 13.1 Å². The van der Waals surface area contributed by atoms with E-state index in [4.69, 9.17) is 17.3 Å². The molecule has 0 bridgehead atoms. The van der Waals surface area contributed by atoms with E-state index in [1.165, 1.54) is 9.71 Å². The molecule has 1 aromatic rings. The van der Waals surface area contributed by atoms with Gasteiger partial charge in [-0.3, -0.25) is 0 Å². The Kier molecular flexibility index (Phi) is 6.48. The SMILES string of the molecule is Cl.NC1CCN(S(=O)(=O)C=Cc2cccc(Cl)c2)CC1. The summed E-state index contributed by atoms with van der Waals surface area (Å²) in [5.41, 5.74) is 6.54. The third kappa shape index (κ3) is 4.75. The number of sulfonamides is 1. The van der Waals surface area contributed by atoms with E-state index in [-0.39, 0.29) is 18.4 Å². The molecule has 0 aromatic heterocycles. The van der Waals surface area contributed by atoms with Crippen LogP contribution in [-0.2, 0) is 10.0 Å². The maximum absolute atomic E-state index is 12.1. The van der Waals surface area contributed by atoms with Crippen molar-refractivity contribution in [1.82, 2.24) is 4.31 Å². The number of benzene rings is 1. The molecule has 2 N–H and O–H groups in total. The molecule has 1 aliphatic heterocycles. The van der Waals surface area contributed by atoms with Crippen molar-refractivity contribution in [2.45, 2.75) is 18.9 Å². The maximum atomic E-state index is 12.1. The molecule has 1 heterocycles. The lowest BCUT2D eigenvalue weighted by atomic mass is 10.1. The highest BCUT2D eigenvalue weighted by atomic mass is 35.5. The summed E-state index contributed by atoms with van der Waals surface area (Å²) in [5, 5.41) is 1.82. The second-order valence-corrected chi connectivity index (χ2v) is 6.89. The van der Waals surface area contributed by atoms with Crippen molar-refractivity contribution in [3.05, 3.63) is 40.3 Å². The molecular formula is C13H18Cl2N2O2S. The zero-order valence-corrected chi connectivity index (χ0v) is 13.3. The Labute approximate surface area is 131 Å². The number of hydrogen-bond donors (Lipinski definition) is 1. The first kappa shape index (κ1) is 17.5. The van der Waals surface area contributed by atoms with E-state index in [1.807, 2.05) is 6.07 Å². The molecule has 0 aliphatic carbocycles. The van der Waals surface area contributed by atoms with Gasteiger partial charge in [-0.05, 0) is 36.6 Å². The highest BCUT2D eigenvalue weighted by molar-refractivity contribution is 7.92. The summed E-state index contributed by atoms with van der Waals surface area (Å²) in [6, 6.07) is 7.18. The highest BCUT2D eigenvalue weighted by Gasteiger charge is 2.24. The van der Waals surface area contributed by atoms with Gasteiger partial charge < -0.3 is 5.73 Å². The molecule has 2 rings (SSSR count). The fourth-order valence-corrected chi connectivity index (χ4v) is 3.41. The van der Waals surface area contributed by atoms with Gasteiger partial charge in [-0.15, -0.1) is 12.4 Å². The number of halogens is 2. The summed E-state index contributed by atoms with van der Waals surface area (Å²) in [4.78, 5) is 0. The number of nitrogens with two attached hydrogens (primary N) is 1. The topological polar surface area (TPSA) is 63.4 Å². The summed E-state index contributed by atoms with van der Waals surface area (Å²) < 4.78 is 25.7. The van der Waals surface area contributed by atoms with Crippen molar-refractivity contribution in [1.29, 1.82) is 0 Å². The molecule has 0 atom stereocenters. The number of nitrogens with zero attached hydrogens (tertiary/aromatic N) is 1. The average Bonchev–Trinajstić information content (AvgIpc) is 2.37. The zero-order chi connectivity index (χ0) is 13.9. The molecule has 0 spiro atoms. The van der Waals surface area contributed by atoms with Crippen LogP contribution < -0.4 is 5.73 Å². The first-order chi connectivity index (χ1) is 8.97. The molecule has 1 aliphatic rings. The Hall–Kier alpha value is -0.590. The van der Waals surface area contributed by atoms with Gasteiger partial charge >= 0.3 is 0 Å². The fourth-order valence-electron chi connectivity index (χ4n) is 1.99. The molecule has 20 heavy (non-hydrogen) atoms. The Morgan fingerprint density at radius 3 is 2.55 bits per heavy atom. The second-order valence-electron chi connectivity index (χ2n) is 4.64. The third-order valence-electron chi connectivity index (χ3n) is 3.14. The highest BCUT2D eigenvalue weighted by Crippen LogP contribution is 2.16. The van der Waals surface area contributed by atoms with Gasteiger partial charge in [0, 0.05) is 29.6 Å². The van der Waals surface area contributed by atoms with E-state index >= 15 is 0 Å². The fraction of sp³-hybridized carbons (Fsp3) is 0.385. The van der Waals surface area contributed by atoms with Crippen LogP contribution in [0, 0.1) is 0 Å². The van der Waals surface area contributed by atoms with E-state index in [2.05, 4.69) is 0 Å². The van der Waals surface area contributed by atoms with E-state index in [9.17, 15) is 8.42 Å². The molecule has 0 radical (unpaired) electrons. The number of hydrogen-bond acceptors (Lipinski definition) is 3. The quantitative estimate of drug-likeness (QED) is 0.922. The van der Waals surface area contributed by atoms with Crippen LogP contribution in [0.15, 0.2) is 29.7 Å². The van der Waals surface area contributed by atoms with Crippen molar-refractivity contribution < 1.29 is 8.42 Å². The molecule has 0 unspecified atom stereocenters. The molecule has 112 valence electrons. The molecule has 7 heteroatoms. The summed E-state index contributed by atoms with van der Waals surface area (Å²) in [6.45, 7) is 0.979. The normalized spacial score (nSPS) is 18.1. The van der Waals surface area contributed by atoms with Crippen molar-refractivity contribution >= 4 is 40.1 Å². The molecule has 0 amide bonds. The van der Waals surface area contributed by atoms with Crippen LogP contribution in [0.25, 0.3) is 6.08 Å². The largest absolute Gasteiger partial charge is 0.328 e.